The predicted molar refractivity (Wildman–Crippen MR) is 125 cm³/mol. The molecule has 1 N–H and O–H groups in total. The van der Waals surface area contributed by atoms with Crippen LogP contribution in [0.25, 0.3) is 0 Å². The Hall–Kier alpha value is -2.07. The fraction of sp³-hybridized carbons (Fsp3) is 0.577. The summed E-state index contributed by atoms with van der Waals surface area (Å²) >= 11 is 0. The second kappa shape index (κ2) is 9.82. The van der Waals surface area contributed by atoms with Crippen molar-refractivity contribution >= 4 is 11.7 Å². The van der Waals surface area contributed by atoms with Crippen molar-refractivity contribution in [3.05, 3.63) is 53.1 Å². The van der Waals surface area contributed by atoms with Crippen LogP contribution in [0.2, 0.25) is 0 Å². The summed E-state index contributed by atoms with van der Waals surface area (Å²) in [7, 11) is 0. The number of hydrogen-bond acceptors (Lipinski definition) is 3. The van der Waals surface area contributed by atoms with Gasteiger partial charge in [0.1, 0.15) is 0 Å². The van der Waals surface area contributed by atoms with E-state index in [-0.39, 0.29) is 0 Å². The van der Waals surface area contributed by atoms with Crippen LogP contribution in [-0.2, 0) is 0 Å². The highest BCUT2D eigenvalue weighted by Crippen LogP contribution is 2.42. The first kappa shape index (κ1) is 22.6. The lowest BCUT2D eigenvalue weighted by Crippen LogP contribution is -2.47. The molecule has 0 atom stereocenters. The molecule has 3 rings (SSSR count). The van der Waals surface area contributed by atoms with Crippen LogP contribution in [0.4, 0.5) is 5.69 Å². The van der Waals surface area contributed by atoms with Crippen LogP contribution in [0.1, 0.15) is 69.7 Å². The standard InChI is InChI=1S/C26H38N2O2/c1-5-6-7-20(2)24-18-26(3,4)13-12-22(24)19-27-14-16-28(17-15-27)23-10-8-21(9-11-23)25(29)30/h8-11H,2,5-7,12-19H2,1,3-4H3,(H,29,30). The number of allylic oxidation sites excluding steroid dienone is 2. The minimum atomic E-state index is -0.869. The van der Waals surface area contributed by atoms with Crippen LogP contribution in [0.15, 0.2) is 47.6 Å². The van der Waals surface area contributed by atoms with Gasteiger partial charge in [-0.3, -0.25) is 4.90 Å². The van der Waals surface area contributed by atoms with Gasteiger partial charge in [-0.15, -0.1) is 0 Å². The Bertz CT molecular complexity index is 784. The molecule has 1 fully saturated rings. The molecule has 0 radical (unpaired) electrons. The Morgan fingerprint density at radius 2 is 1.80 bits per heavy atom. The fourth-order valence-electron chi connectivity index (χ4n) is 4.67. The molecule has 1 heterocycles. The smallest absolute Gasteiger partial charge is 0.335 e. The summed E-state index contributed by atoms with van der Waals surface area (Å²) in [6.45, 7) is 16.6. The Balaban J connectivity index is 1.62. The van der Waals surface area contributed by atoms with E-state index < -0.39 is 5.97 Å². The topological polar surface area (TPSA) is 43.8 Å². The van der Waals surface area contributed by atoms with Crippen LogP contribution in [0.5, 0.6) is 0 Å². The lowest BCUT2D eigenvalue weighted by molar-refractivity contribution is 0.0697. The lowest BCUT2D eigenvalue weighted by Gasteiger charge is -2.39. The average Bonchev–Trinajstić information content (AvgIpc) is 2.73. The number of anilines is 1. The molecule has 2 aliphatic rings. The Labute approximate surface area is 182 Å². The summed E-state index contributed by atoms with van der Waals surface area (Å²) in [4.78, 5) is 16.0. The molecule has 164 valence electrons. The number of nitrogens with zero attached hydrogens (tertiary/aromatic N) is 2. The largest absolute Gasteiger partial charge is 0.478 e. The van der Waals surface area contributed by atoms with E-state index in [9.17, 15) is 4.79 Å². The van der Waals surface area contributed by atoms with Crippen LogP contribution in [-0.4, -0.2) is 48.7 Å². The van der Waals surface area contributed by atoms with E-state index in [1.165, 1.54) is 37.7 Å². The molecule has 4 heteroatoms. The van der Waals surface area contributed by atoms with Crippen molar-refractivity contribution in [2.24, 2.45) is 5.41 Å². The van der Waals surface area contributed by atoms with Gasteiger partial charge in [-0.25, -0.2) is 4.79 Å². The van der Waals surface area contributed by atoms with Crippen molar-refractivity contribution in [2.75, 3.05) is 37.6 Å². The minimum Gasteiger partial charge on any atom is -0.478 e. The molecular formula is C26H38N2O2. The maximum atomic E-state index is 11.1. The number of carbonyl (C=O) groups is 1. The van der Waals surface area contributed by atoms with Gasteiger partial charge in [-0.05, 0) is 67.4 Å². The Morgan fingerprint density at radius 1 is 1.13 bits per heavy atom. The maximum absolute atomic E-state index is 11.1. The zero-order valence-electron chi connectivity index (χ0n) is 19.0. The molecule has 0 amide bonds. The predicted octanol–water partition coefficient (Wildman–Crippen LogP) is 5.76. The van der Waals surface area contributed by atoms with Crippen LogP contribution < -0.4 is 4.90 Å². The highest BCUT2D eigenvalue weighted by molar-refractivity contribution is 5.88. The molecule has 1 saturated heterocycles. The monoisotopic (exact) mass is 410 g/mol. The number of rotatable bonds is 8. The van der Waals surface area contributed by atoms with E-state index in [4.69, 9.17) is 5.11 Å². The van der Waals surface area contributed by atoms with Crippen molar-refractivity contribution in [2.45, 2.75) is 59.3 Å². The summed E-state index contributed by atoms with van der Waals surface area (Å²) in [6, 6.07) is 7.26. The van der Waals surface area contributed by atoms with E-state index in [2.05, 4.69) is 37.1 Å². The third-order valence-corrected chi connectivity index (χ3v) is 6.71. The molecule has 1 aromatic rings. The number of carboxylic acid groups (broad SMARTS) is 1. The first-order valence-electron chi connectivity index (χ1n) is 11.5. The fourth-order valence-corrected chi connectivity index (χ4v) is 4.67. The molecule has 1 aliphatic carbocycles. The first-order chi connectivity index (χ1) is 14.3. The lowest BCUT2D eigenvalue weighted by atomic mass is 9.72. The Morgan fingerprint density at radius 3 is 2.40 bits per heavy atom. The Kier molecular flexibility index (Phi) is 7.41. The number of unbranched alkanes of at least 4 members (excludes halogenated alkanes) is 1. The van der Waals surface area contributed by atoms with Gasteiger partial charge in [0, 0.05) is 38.4 Å². The number of piperazine rings is 1. The van der Waals surface area contributed by atoms with Gasteiger partial charge in [0.15, 0.2) is 0 Å². The van der Waals surface area contributed by atoms with E-state index in [0.717, 1.165) is 44.8 Å². The molecule has 0 aromatic heterocycles. The molecule has 0 saturated carbocycles. The summed E-state index contributed by atoms with van der Waals surface area (Å²) in [5.41, 5.74) is 6.40. The molecule has 0 bridgehead atoms. The van der Waals surface area contributed by atoms with E-state index in [0.29, 0.717) is 11.0 Å². The second-order valence-corrected chi connectivity index (χ2v) is 9.75. The zero-order valence-corrected chi connectivity index (χ0v) is 19.0. The number of benzene rings is 1. The van der Waals surface area contributed by atoms with Crippen molar-refractivity contribution in [1.82, 2.24) is 4.90 Å². The molecule has 0 unspecified atom stereocenters. The van der Waals surface area contributed by atoms with Gasteiger partial charge >= 0.3 is 5.97 Å². The van der Waals surface area contributed by atoms with Gasteiger partial charge in [-0.1, -0.05) is 44.9 Å². The van der Waals surface area contributed by atoms with E-state index in [1.807, 2.05) is 12.1 Å². The minimum absolute atomic E-state index is 0.348. The summed E-state index contributed by atoms with van der Waals surface area (Å²) in [5.74, 6) is -0.869. The van der Waals surface area contributed by atoms with Gasteiger partial charge in [-0.2, -0.15) is 0 Å². The normalized spacial score (nSPS) is 19.8. The first-order valence-corrected chi connectivity index (χ1v) is 11.5. The van der Waals surface area contributed by atoms with Gasteiger partial charge in [0.05, 0.1) is 5.56 Å². The second-order valence-electron chi connectivity index (χ2n) is 9.75. The number of carboxylic acids is 1. The highest BCUT2D eigenvalue weighted by Gasteiger charge is 2.29. The molecule has 0 spiro atoms. The highest BCUT2D eigenvalue weighted by atomic mass is 16.4. The van der Waals surface area contributed by atoms with E-state index in [1.54, 1.807) is 23.3 Å². The van der Waals surface area contributed by atoms with E-state index >= 15 is 0 Å². The number of hydrogen-bond donors (Lipinski definition) is 1. The summed E-state index contributed by atoms with van der Waals surface area (Å²) in [6.07, 6.45) is 7.22. The SMILES string of the molecule is C=C(CCCC)C1=C(CN2CCN(c3ccc(C(=O)O)cc3)CC2)CCC(C)(C)C1. The quantitative estimate of drug-likeness (QED) is 0.592. The average molecular weight is 411 g/mol. The third-order valence-electron chi connectivity index (χ3n) is 6.71. The van der Waals surface area contributed by atoms with Crippen molar-refractivity contribution < 1.29 is 9.90 Å². The van der Waals surface area contributed by atoms with Gasteiger partial charge < -0.3 is 10.0 Å². The number of aromatic carboxylic acids is 1. The van der Waals surface area contributed by atoms with Gasteiger partial charge in [0.25, 0.3) is 0 Å². The molecular weight excluding hydrogens is 372 g/mol. The molecule has 1 aromatic carbocycles. The maximum Gasteiger partial charge on any atom is 0.335 e. The summed E-state index contributed by atoms with van der Waals surface area (Å²) in [5, 5.41) is 9.09. The van der Waals surface area contributed by atoms with Crippen LogP contribution in [0, 0.1) is 5.41 Å². The van der Waals surface area contributed by atoms with Crippen molar-refractivity contribution in [3.63, 3.8) is 0 Å². The van der Waals surface area contributed by atoms with Crippen molar-refractivity contribution in [3.8, 4) is 0 Å². The third kappa shape index (κ3) is 5.75. The molecule has 30 heavy (non-hydrogen) atoms. The van der Waals surface area contributed by atoms with Gasteiger partial charge in [0.2, 0.25) is 0 Å². The summed E-state index contributed by atoms with van der Waals surface area (Å²) < 4.78 is 0. The zero-order chi connectivity index (χ0) is 21.7. The van der Waals surface area contributed by atoms with Crippen LogP contribution in [0.3, 0.4) is 0 Å². The van der Waals surface area contributed by atoms with Crippen LogP contribution >= 0.6 is 0 Å². The molecule has 1 aliphatic heterocycles. The molecule has 4 nitrogen and oxygen atoms in total. The van der Waals surface area contributed by atoms with Crippen molar-refractivity contribution in [1.29, 1.82) is 0 Å².